The molecule has 6 nitrogen and oxygen atoms in total. The Morgan fingerprint density at radius 1 is 1.47 bits per heavy atom. The highest BCUT2D eigenvalue weighted by Crippen LogP contribution is 2.17. The molecule has 0 unspecified atom stereocenters. The molecule has 0 bridgehead atoms. The number of carbonyl (C=O) groups is 1. The van der Waals surface area contributed by atoms with E-state index in [2.05, 4.69) is 20.1 Å². The number of hydrogen-bond donors (Lipinski definition) is 1. The lowest BCUT2D eigenvalue weighted by atomic mass is 9.98. The molecular formula is C13H21N5O. The molecular weight excluding hydrogens is 242 g/mol. The minimum Gasteiger partial charge on any atom is -0.338 e. The summed E-state index contributed by atoms with van der Waals surface area (Å²) in [6.07, 6.45) is 4.23. The summed E-state index contributed by atoms with van der Waals surface area (Å²) in [5, 5.41) is 11.7. The molecule has 1 atom stereocenters. The van der Waals surface area contributed by atoms with Gasteiger partial charge in [-0.15, -0.1) is 10.2 Å². The summed E-state index contributed by atoms with van der Waals surface area (Å²) in [6, 6.07) is 0. The number of amides is 1. The highest BCUT2D eigenvalue weighted by Gasteiger charge is 2.26. The van der Waals surface area contributed by atoms with Crippen LogP contribution in [0.15, 0.2) is 0 Å². The van der Waals surface area contributed by atoms with E-state index in [4.69, 9.17) is 0 Å². The van der Waals surface area contributed by atoms with E-state index < -0.39 is 0 Å². The standard InChI is InChI=1S/C13H21N5O/c1-17(13(19)10-4-2-6-14-8-10)9-12-16-15-11-5-3-7-18(11)12/h10,14H,2-9H2,1H3/t10-/m1/s1. The lowest BCUT2D eigenvalue weighted by Gasteiger charge is -2.26. The zero-order valence-electron chi connectivity index (χ0n) is 11.4. The molecule has 1 aromatic rings. The Balaban J connectivity index is 1.63. The number of aromatic nitrogens is 3. The van der Waals surface area contributed by atoms with Gasteiger partial charge >= 0.3 is 0 Å². The number of nitrogens with one attached hydrogen (secondary N) is 1. The second-order valence-corrected chi connectivity index (χ2v) is 5.53. The zero-order chi connectivity index (χ0) is 13.2. The monoisotopic (exact) mass is 263 g/mol. The maximum atomic E-state index is 12.4. The van der Waals surface area contributed by atoms with Crippen molar-refractivity contribution in [3.63, 3.8) is 0 Å². The SMILES string of the molecule is CN(Cc1nnc2n1CCC2)C(=O)[C@@H]1CCCNC1. The van der Waals surface area contributed by atoms with Crippen molar-refractivity contribution in [2.24, 2.45) is 5.92 Å². The van der Waals surface area contributed by atoms with Crippen molar-refractivity contribution in [3.8, 4) is 0 Å². The van der Waals surface area contributed by atoms with Crippen LogP contribution in [0.4, 0.5) is 0 Å². The van der Waals surface area contributed by atoms with Crippen LogP contribution in [0.1, 0.15) is 30.9 Å². The van der Waals surface area contributed by atoms with E-state index in [1.54, 1.807) is 4.90 Å². The Bertz CT molecular complexity index is 464. The summed E-state index contributed by atoms with van der Waals surface area (Å²) < 4.78 is 2.16. The Labute approximate surface area is 113 Å². The van der Waals surface area contributed by atoms with E-state index in [0.29, 0.717) is 6.54 Å². The molecule has 0 saturated carbocycles. The Morgan fingerprint density at radius 2 is 2.37 bits per heavy atom. The van der Waals surface area contributed by atoms with Crippen LogP contribution >= 0.6 is 0 Å². The van der Waals surface area contributed by atoms with E-state index in [0.717, 1.165) is 57.0 Å². The van der Waals surface area contributed by atoms with Gasteiger partial charge in [-0.2, -0.15) is 0 Å². The number of carbonyl (C=O) groups excluding carboxylic acids is 1. The molecule has 1 fully saturated rings. The average Bonchev–Trinajstić information content (AvgIpc) is 3.04. The molecule has 2 aliphatic heterocycles. The van der Waals surface area contributed by atoms with Crippen molar-refractivity contribution < 1.29 is 4.79 Å². The fourth-order valence-electron chi connectivity index (χ4n) is 2.99. The molecule has 0 aromatic carbocycles. The number of nitrogens with zero attached hydrogens (tertiary/aromatic N) is 4. The lowest BCUT2D eigenvalue weighted by molar-refractivity contribution is -0.135. The second-order valence-electron chi connectivity index (χ2n) is 5.53. The minimum absolute atomic E-state index is 0.125. The van der Waals surface area contributed by atoms with Crippen molar-refractivity contribution in [3.05, 3.63) is 11.6 Å². The van der Waals surface area contributed by atoms with Crippen LogP contribution in [-0.2, 0) is 24.3 Å². The van der Waals surface area contributed by atoms with Gasteiger partial charge in [-0.25, -0.2) is 0 Å². The normalized spacial score (nSPS) is 22.3. The first-order valence-electron chi connectivity index (χ1n) is 7.12. The third-order valence-corrected chi connectivity index (χ3v) is 4.09. The van der Waals surface area contributed by atoms with Crippen LogP contribution in [0.3, 0.4) is 0 Å². The Kier molecular flexibility index (Phi) is 3.50. The molecule has 0 radical (unpaired) electrons. The molecule has 1 saturated heterocycles. The summed E-state index contributed by atoms with van der Waals surface area (Å²) in [5.74, 6) is 2.34. The van der Waals surface area contributed by atoms with Crippen molar-refractivity contribution >= 4 is 5.91 Å². The quantitative estimate of drug-likeness (QED) is 0.845. The van der Waals surface area contributed by atoms with Crippen molar-refractivity contribution in [1.82, 2.24) is 25.0 Å². The highest BCUT2D eigenvalue weighted by atomic mass is 16.2. The van der Waals surface area contributed by atoms with Gasteiger partial charge in [-0.3, -0.25) is 4.79 Å². The van der Waals surface area contributed by atoms with E-state index >= 15 is 0 Å². The fourth-order valence-corrected chi connectivity index (χ4v) is 2.99. The van der Waals surface area contributed by atoms with Gasteiger partial charge < -0.3 is 14.8 Å². The topological polar surface area (TPSA) is 63.1 Å². The van der Waals surface area contributed by atoms with Gasteiger partial charge in [0.15, 0.2) is 5.82 Å². The van der Waals surface area contributed by atoms with Gasteiger partial charge in [0, 0.05) is 26.6 Å². The van der Waals surface area contributed by atoms with Crippen molar-refractivity contribution in [2.45, 2.75) is 38.8 Å². The number of hydrogen-bond acceptors (Lipinski definition) is 4. The van der Waals surface area contributed by atoms with Gasteiger partial charge in [-0.1, -0.05) is 0 Å². The van der Waals surface area contributed by atoms with Crippen LogP contribution in [0.25, 0.3) is 0 Å². The molecule has 19 heavy (non-hydrogen) atoms. The van der Waals surface area contributed by atoms with Crippen LogP contribution in [0, 0.1) is 5.92 Å². The predicted octanol–water partition coefficient (Wildman–Crippen LogP) is 0.182. The molecule has 0 aliphatic carbocycles. The Hall–Kier alpha value is -1.43. The first-order chi connectivity index (χ1) is 9.25. The predicted molar refractivity (Wildman–Crippen MR) is 70.4 cm³/mol. The van der Waals surface area contributed by atoms with Gasteiger partial charge in [0.2, 0.25) is 5.91 Å². The van der Waals surface area contributed by atoms with Gasteiger partial charge in [0.05, 0.1) is 12.5 Å². The summed E-state index contributed by atoms with van der Waals surface area (Å²) in [7, 11) is 1.87. The summed E-state index contributed by atoms with van der Waals surface area (Å²) in [5.41, 5.74) is 0. The molecule has 1 amide bonds. The van der Waals surface area contributed by atoms with Crippen LogP contribution in [0.5, 0.6) is 0 Å². The number of piperidine rings is 1. The summed E-state index contributed by atoms with van der Waals surface area (Å²) >= 11 is 0. The number of fused-ring (bicyclic) bond motifs is 1. The molecule has 2 aliphatic rings. The molecule has 3 rings (SSSR count). The molecule has 104 valence electrons. The molecule has 0 spiro atoms. The van der Waals surface area contributed by atoms with Crippen LogP contribution < -0.4 is 5.32 Å². The molecule has 1 N–H and O–H groups in total. The van der Waals surface area contributed by atoms with Gasteiger partial charge in [0.1, 0.15) is 5.82 Å². The lowest BCUT2D eigenvalue weighted by Crippen LogP contribution is -2.41. The first kappa shape index (κ1) is 12.6. The largest absolute Gasteiger partial charge is 0.338 e. The average molecular weight is 263 g/mol. The van der Waals surface area contributed by atoms with Gasteiger partial charge in [-0.05, 0) is 25.8 Å². The third-order valence-electron chi connectivity index (χ3n) is 4.09. The number of aryl methyl sites for hydroxylation is 1. The van der Waals surface area contributed by atoms with Gasteiger partial charge in [0.25, 0.3) is 0 Å². The first-order valence-corrected chi connectivity index (χ1v) is 7.12. The van der Waals surface area contributed by atoms with E-state index in [9.17, 15) is 4.79 Å². The zero-order valence-corrected chi connectivity index (χ0v) is 11.4. The van der Waals surface area contributed by atoms with Crippen LogP contribution in [0.2, 0.25) is 0 Å². The maximum Gasteiger partial charge on any atom is 0.227 e. The third kappa shape index (κ3) is 2.49. The smallest absolute Gasteiger partial charge is 0.227 e. The summed E-state index contributed by atoms with van der Waals surface area (Å²) in [6.45, 7) is 3.40. The van der Waals surface area contributed by atoms with Crippen LogP contribution in [-0.4, -0.2) is 45.7 Å². The summed E-state index contributed by atoms with van der Waals surface area (Å²) in [4.78, 5) is 14.2. The maximum absolute atomic E-state index is 12.4. The van der Waals surface area contributed by atoms with E-state index in [1.165, 1.54) is 0 Å². The molecule has 1 aromatic heterocycles. The second kappa shape index (κ2) is 5.28. The minimum atomic E-state index is 0.125. The fraction of sp³-hybridized carbons (Fsp3) is 0.769. The molecule has 6 heteroatoms. The van der Waals surface area contributed by atoms with Crippen molar-refractivity contribution in [2.75, 3.05) is 20.1 Å². The molecule has 3 heterocycles. The van der Waals surface area contributed by atoms with Crippen molar-refractivity contribution in [1.29, 1.82) is 0 Å². The number of rotatable bonds is 3. The van der Waals surface area contributed by atoms with E-state index in [-0.39, 0.29) is 11.8 Å². The van der Waals surface area contributed by atoms with E-state index in [1.807, 2.05) is 7.05 Å². The Morgan fingerprint density at radius 3 is 3.16 bits per heavy atom. The highest BCUT2D eigenvalue weighted by molar-refractivity contribution is 5.78.